The highest BCUT2D eigenvalue weighted by atomic mass is 32.2. The fourth-order valence-electron chi connectivity index (χ4n) is 0.590. The van der Waals surface area contributed by atoms with E-state index in [0.29, 0.717) is 0 Å². The molecule has 0 saturated heterocycles. The monoisotopic (exact) mass is 193 g/mol. The van der Waals surface area contributed by atoms with Crippen LogP contribution in [0.1, 0.15) is 33.1 Å². The Morgan fingerprint density at radius 1 is 1.33 bits per heavy atom. The SMILES string of the molecule is [CH2]CCCCOS(=O)(=O)C(C)C. The molecule has 0 aliphatic heterocycles. The van der Waals surface area contributed by atoms with E-state index < -0.39 is 15.4 Å². The smallest absolute Gasteiger partial charge is 0.269 e. The summed E-state index contributed by atoms with van der Waals surface area (Å²) in [5.74, 6) is 0. The van der Waals surface area contributed by atoms with Gasteiger partial charge >= 0.3 is 0 Å². The fraction of sp³-hybridized carbons (Fsp3) is 0.875. The van der Waals surface area contributed by atoms with E-state index in [1.807, 2.05) is 0 Å². The van der Waals surface area contributed by atoms with Gasteiger partial charge in [-0.1, -0.05) is 19.8 Å². The molecule has 0 N–H and O–H groups in total. The van der Waals surface area contributed by atoms with E-state index in [2.05, 4.69) is 6.92 Å². The lowest BCUT2D eigenvalue weighted by Crippen LogP contribution is -2.17. The van der Waals surface area contributed by atoms with Gasteiger partial charge in [-0.2, -0.15) is 8.42 Å². The van der Waals surface area contributed by atoms with Gasteiger partial charge in [0.25, 0.3) is 10.1 Å². The third kappa shape index (κ3) is 4.72. The Morgan fingerprint density at radius 3 is 2.33 bits per heavy atom. The molecule has 0 heterocycles. The van der Waals surface area contributed by atoms with Crippen molar-refractivity contribution in [2.75, 3.05) is 6.61 Å². The van der Waals surface area contributed by atoms with Gasteiger partial charge < -0.3 is 0 Å². The maximum atomic E-state index is 11.1. The van der Waals surface area contributed by atoms with Gasteiger partial charge in [0.2, 0.25) is 0 Å². The van der Waals surface area contributed by atoms with Crippen molar-refractivity contribution < 1.29 is 12.6 Å². The Balaban J connectivity index is 3.63. The van der Waals surface area contributed by atoms with Crippen molar-refractivity contribution in [3.8, 4) is 0 Å². The molecule has 0 fully saturated rings. The third-order valence-electron chi connectivity index (χ3n) is 1.47. The molecular formula is C8H17O3S. The van der Waals surface area contributed by atoms with Gasteiger partial charge in [-0.25, -0.2) is 0 Å². The van der Waals surface area contributed by atoms with E-state index in [-0.39, 0.29) is 6.61 Å². The largest absolute Gasteiger partial charge is 0.270 e. The first-order valence-corrected chi connectivity index (χ1v) is 5.65. The van der Waals surface area contributed by atoms with Crippen LogP contribution in [0.2, 0.25) is 0 Å². The second kappa shape index (κ2) is 5.54. The molecule has 0 saturated carbocycles. The number of hydrogen-bond acceptors (Lipinski definition) is 3. The van der Waals surface area contributed by atoms with Gasteiger partial charge in [-0.15, -0.1) is 0 Å². The number of unbranched alkanes of at least 4 members (excludes halogenated alkanes) is 2. The van der Waals surface area contributed by atoms with Crippen LogP contribution in [0, 0.1) is 6.92 Å². The molecule has 0 aliphatic carbocycles. The summed E-state index contributed by atoms with van der Waals surface area (Å²) in [5, 5.41) is -0.447. The highest BCUT2D eigenvalue weighted by Gasteiger charge is 2.15. The molecule has 0 amide bonds. The molecule has 0 rings (SSSR count). The van der Waals surface area contributed by atoms with Gasteiger partial charge in [0.1, 0.15) is 0 Å². The highest BCUT2D eigenvalue weighted by Crippen LogP contribution is 2.04. The summed E-state index contributed by atoms with van der Waals surface area (Å²) < 4.78 is 26.8. The van der Waals surface area contributed by atoms with Crippen LogP contribution in [0.4, 0.5) is 0 Å². The first-order chi connectivity index (χ1) is 5.50. The average molecular weight is 193 g/mol. The first kappa shape index (κ1) is 11.9. The van der Waals surface area contributed by atoms with Crippen molar-refractivity contribution in [3.05, 3.63) is 6.92 Å². The zero-order chi connectivity index (χ0) is 9.61. The molecule has 0 aliphatic rings. The molecule has 0 unspecified atom stereocenters. The van der Waals surface area contributed by atoms with E-state index in [9.17, 15) is 8.42 Å². The molecule has 3 nitrogen and oxygen atoms in total. The highest BCUT2D eigenvalue weighted by molar-refractivity contribution is 7.87. The van der Waals surface area contributed by atoms with Crippen LogP contribution in [0.3, 0.4) is 0 Å². The molecule has 0 spiro atoms. The summed E-state index contributed by atoms with van der Waals surface area (Å²) in [6, 6.07) is 0. The summed E-state index contributed by atoms with van der Waals surface area (Å²) in [5.41, 5.74) is 0. The Bertz CT molecular complexity index is 194. The maximum Gasteiger partial charge on any atom is 0.269 e. The zero-order valence-corrected chi connectivity index (χ0v) is 8.56. The van der Waals surface area contributed by atoms with Gasteiger partial charge in [-0.05, 0) is 20.3 Å². The number of hydrogen-bond donors (Lipinski definition) is 0. The van der Waals surface area contributed by atoms with E-state index in [1.54, 1.807) is 13.8 Å². The Morgan fingerprint density at radius 2 is 1.92 bits per heavy atom. The summed E-state index contributed by atoms with van der Waals surface area (Å²) >= 11 is 0. The predicted molar refractivity (Wildman–Crippen MR) is 49.2 cm³/mol. The van der Waals surface area contributed by atoms with Crippen LogP contribution in [0.15, 0.2) is 0 Å². The van der Waals surface area contributed by atoms with Gasteiger partial charge in [0.05, 0.1) is 11.9 Å². The Hall–Kier alpha value is -0.0900. The molecule has 0 aromatic carbocycles. The standard InChI is InChI=1S/C8H17O3S/c1-4-5-6-7-11-12(9,10)8(2)3/h8H,1,4-7H2,2-3H3. The minimum absolute atomic E-state index is 0.288. The summed E-state index contributed by atoms with van der Waals surface area (Å²) in [6.45, 7) is 7.15. The second-order valence-electron chi connectivity index (χ2n) is 2.92. The molecule has 12 heavy (non-hydrogen) atoms. The predicted octanol–water partition coefficient (Wildman–Crippen LogP) is 1.75. The Kier molecular flexibility index (Phi) is 5.50. The van der Waals surface area contributed by atoms with Crippen molar-refractivity contribution in [1.82, 2.24) is 0 Å². The van der Waals surface area contributed by atoms with Crippen molar-refractivity contribution in [2.24, 2.45) is 0 Å². The van der Waals surface area contributed by atoms with Crippen LogP contribution in [-0.2, 0) is 14.3 Å². The lowest BCUT2D eigenvalue weighted by molar-refractivity contribution is 0.305. The van der Waals surface area contributed by atoms with Crippen LogP contribution in [0.25, 0.3) is 0 Å². The lowest BCUT2D eigenvalue weighted by atomic mass is 10.3. The van der Waals surface area contributed by atoms with Crippen LogP contribution in [0.5, 0.6) is 0 Å². The van der Waals surface area contributed by atoms with Gasteiger partial charge in [-0.3, -0.25) is 4.18 Å². The average Bonchev–Trinajstić information content (AvgIpc) is 1.98. The normalized spacial score (nSPS) is 12.3. The molecule has 0 aromatic heterocycles. The van der Waals surface area contributed by atoms with Crippen molar-refractivity contribution in [1.29, 1.82) is 0 Å². The van der Waals surface area contributed by atoms with E-state index in [4.69, 9.17) is 4.18 Å². The maximum absolute atomic E-state index is 11.1. The fourth-order valence-corrected chi connectivity index (χ4v) is 1.21. The van der Waals surface area contributed by atoms with Crippen LogP contribution >= 0.6 is 0 Å². The molecular weight excluding hydrogens is 176 g/mol. The molecule has 0 atom stereocenters. The lowest BCUT2D eigenvalue weighted by Gasteiger charge is -2.07. The first-order valence-electron chi connectivity index (χ1n) is 4.18. The minimum Gasteiger partial charge on any atom is -0.270 e. The van der Waals surface area contributed by atoms with E-state index >= 15 is 0 Å². The topological polar surface area (TPSA) is 43.4 Å². The second-order valence-corrected chi connectivity index (χ2v) is 5.09. The van der Waals surface area contributed by atoms with Crippen molar-refractivity contribution in [2.45, 2.75) is 38.4 Å². The molecule has 0 aromatic rings. The van der Waals surface area contributed by atoms with Crippen molar-refractivity contribution >= 4 is 10.1 Å². The van der Waals surface area contributed by atoms with Crippen molar-refractivity contribution in [3.63, 3.8) is 0 Å². The van der Waals surface area contributed by atoms with Gasteiger partial charge in [0.15, 0.2) is 0 Å². The third-order valence-corrected chi connectivity index (χ3v) is 3.12. The molecule has 73 valence electrons. The van der Waals surface area contributed by atoms with Crippen LogP contribution < -0.4 is 0 Å². The number of rotatable bonds is 6. The molecule has 1 radical (unpaired) electrons. The molecule has 0 bridgehead atoms. The molecule has 4 heteroatoms. The van der Waals surface area contributed by atoms with Gasteiger partial charge in [0, 0.05) is 0 Å². The summed E-state index contributed by atoms with van der Waals surface area (Å²) in [6.07, 6.45) is 2.49. The quantitative estimate of drug-likeness (QED) is 0.477. The van der Waals surface area contributed by atoms with Crippen LogP contribution in [-0.4, -0.2) is 20.3 Å². The minimum atomic E-state index is -3.30. The zero-order valence-electron chi connectivity index (χ0n) is 7.75. The summed E-state index contributed by atoms with van der Waals surface area (Å²) in [7, 11) is -3.30. The summed E-state index contributed by atoms with van der Waals surface area (Å²) in [4.78, 5) is 0. The van der Waals surface area contributed by atoms with E-state index in [1.165, 1.54) is 0 Å². The Labute approximate surface area is 75.2 Å². The van der Waals surface area contributed by atoms with E-state index in [0.717, 1.165) is 19.3 Å².